The minimum atomic E-state index is -0.253. The van der Waals surface area contributed by atoms with Gasteiger partial charge in [0.15, 0.2) is 5.82 Å². The molecule has 4 aromatic rings. The van der Waals surface area contributed by atoms with Crippen LogP contribution in [0.15, 0.2) is 90.1 Å². The van der Waals surface area contributed by atoms with Crippen LogP contribution in [0.2, 0.25) is 0 Å². The number of para-hydroxylation sites is 1. The standard InChI is InChI=1S/C25H23N5O2S/c1-17(18-10-4-2-5-11-18)26-24(32)20-14-8-9-15-21(20)27-22(31)16-33-25-28-23(29-30-25)19-12-6-3-7-13-19/h2-15,17H,16H2,1H3,(H,26,32)(H,27,31)(H,28,29,30)/t17-/m0/s1. The summed E-state index contributed by atoms with van der Waals surface area (Å²) >= 11 is 1.22. The highest BCUT2D eigenvalue weighted by Crippen LogP contribution is 2.21. The highest BCUT2D eigenvalue weighted by molar-refractivity contribution is 7.99. The Balaban J connectivity index is 1.36. The summed E-state index contributed by atoms with van der Waals surface area (Å²) in [6, 6.07) is 26.1. The molecule has 0 unspecified atom stereocenters. The van der Waals surface area contributed by atoms with Gasteiger partial charge in [-0.05, 0) is 24.6 Å². The van der Waals surface area contributed by atoms with Crippen LogP contribution in [0.1, 0.15) is 28.9 Å². The van der Waals surface area contributed by atoms with Crippen LogP contribution in [0.3, 0.4) is 0 Å². The quantitative estimate of drug-likeness (QED) is 0.333. The fourth-order valence-corrected chi connectivity index (χ4v) is 3.84. The molecular weight excluding hydrogens is 434 g/mol. The van der Waals surface area contributed by atoms with Gasteiger partial charge in [0.05, 0.1) is 23.0 Å². The zero-order chi connectivity index (χ0) is 23.0. The van der Waals surface area contributed by atoms with Gasteiger partial charge in [-0.15, -0.1) is 5.10 Å². The predicted octanol–water partition coefficient (Wildman–Crippen LogP) is 4.69. The third kappa shape index (κ3) is 5.87. The second kappa shape index (κ2) is 10.6. The predicted molar refractivity (Wildman–Crippen MR) is 130 cm³/mol. The molecule has 8 heteroatoms. The average Bonchev–Trinajstić information content (AvgIpc) is 3.33. The Morgan fingerprint density at radius 2 is 1.61 bits per heavy atom. The lowest BCUT2D eigenvalue weighted by atomic mass is 10.1. The van der Waals surface area contributed by atoms with Crippen molar-refractivity contribution in [1.82, 2.24) is 20.5 Å². The van der Waals surface area contributed by atoms with Crippen molar-refractivity contribution in [2.24, 2.45) is 0 Å². The number of anilines is 1. The van der Waals surface area contributed by atoms with Gasteiger partial charge < -0.3 is 10.6 Å². The van der Waals surface area contributed by atoms with Crippen LogP contribution in [0.25, 0.3) is 11.4 Å². The van der Waals surface area contributed by atoms with Crippen LogP contribution in [-0.2, 0) is 4.79 Å². The fraction of sp³-hybridized carbons (Fsp3) is 0.120. The molecule has 166 valence electrons. The van der Waals surface area contributed by atoms with Crippen LogP contribution < -0.4 is 10.6 Å². The Kier molecular flexibility index (Phi) is 7.16. The Labute approximate surface area is 196 Å². The second-order valence-electron chi connectivity index (χ2n) is 7.32. The molecule has 4 rings (SSSR count). The van der Waals surface area contributed by atoms with E-state index in [0.29, 0.717) is 22.2 Å². The first kappa shape index (κ1) is 22.3. The van der Waals surface area contributed by atoms with Crippen LogP contribution in [0, 0.1) is 0 Å². The maximum Gasteiger partial charge on any atom is 0.253 e. The molecule has 0 spiro atoms. The van der Waals surface area contributed by atoms with Crippen LogP contribution >= 0.6 is 11.8 Å². The first-order valence-corrected chi connectivity index (χ1v) is 11.4. The van der Waals surface area contributed by atoms with Gasteiger partial charge in [-0.25, -0.2) is 4.98 Å². The summed E-state index contributed by atoms with van der Waals surface area (Å²) in [5, 5.41) is 13.3. The fourth-order valence-electron chi connectivity index (χ4n) is 3.24. The van der Waals surface area contributed by atoms with E-state index in [9.17, 15) is 9.59 Å². The number of hydrogen-bond donors (Lipinski definition) is 3. The van der Waals surface area contributed by atoms with E-state index in [0.717, 1.165) is 11.1 Å². The molecule has 3 aromatic carbocycles. The van der Waals surface area contributed by atoms with Crippen molar-refractivity contribution in [1.29, 1.82) is 0 Å². The third-order valence-electron chi connectivity index (χ3n) is 4.94. The number of benzene rings is 3. The number of nitrogens with one attached hydrogen (secondary N) is 3. The van der Waals surface area contributed by atoms with Gasteiger partial charge in [-0.1, -0.05) is 84.6 Å². The highest BCUT2D eigenvalue weighted by atomic mass is 32.2. The van der Waals surface area contributed by atoms with E-state index < -0.39 is 0 Å². The Morgan fingerprint density at radius 1 is 0.939 bits per heavy atom. The average molecular weight is 458 g/mol. The zero-order valence-electron chi connectivity index (χ0n) is 18.0. The molecule has 33 heavy (non-hydrogen) atoms. The molecule has 0 fully saturated rings. The van der Waals surface area contributed by atoms with Gasteiger partial charge in [0.25, 0.3) is 5.91 Å². The van der Waals surface area contributed by atoms with Gasteiger partial charge in [0.2, 0.25) is 11.1 Å². The van der Waals surface area contributed by atoms with Gasteiger partial charge in [0, 0.05) is 5.56 Å². The summed E-state index contributed by atoms with van der Waals surface area (Å²) in [4.78, 5) is 29.8. The minimum Gasteiger partial charge on any atom is -0.345 e. The normalized spacial score (nSPS) is 11.5. The van der Waals surface area contributed by atoms with Crippen molar-refractivity contribution in [2.75, 3.05) is 11.1 Å². The van der Waals surface area contributed by atoms with Crippen molar-refractivity contribution in [2.45, 2.75) is 18.1 Å². The number of H-pyrrole nitrogens is 1. The number of aromatic amines is 1. The summed E-state index contributed by atoms with van der Waals surface area (Å²) in [7, 11) is 0. The van der Waals surface area contributed by atoms with Crippen molar-refractivity contribution in [3.05, 3.63) is 96.1 Å². The topological polar surface area (TPSA) is 99.8 Å². The molecule has 0 aliphatic rings. The summed E-state index contributed by atoms with van der Waals surface area (Å²) in [6.45, 7) is 1.92. The van der Waals surface area contributed by atoms with E-state index >= 15 is 0 Å². The molecule has 0 aliphatic heterocycles. The van der Waals surface area contributed by atoms with Crippen molar-refractivity contribution >= 4 is 29.3 Å². The number of carbonyl (C=O) groups excluding carboxylic acids is 2. The molecule has 1 aromatic heterocycles. The summed E-state index contributed by atoms with van der Waals surface area (Å²) in [5.41, 5.74) is 2.79. The van der Waals surface area contributed by atoms with Gasteiger partial charge in [0.1, 0.15) is 0 Å². The van der Waals surface area contributed by atoms with E-state index in [1.54, 1.807) is 24.3 Å². The first-order chi connectivity index (χ1) is 16.1. The van der Waals surface area contributed by atoms with Crippen LogP contribution in [0.4, 0.5) is 5.69 Å². The summed E-state index contributed by atoms with van der Waals surface area (Å²) in [6.07, 6.45) is 0. The number of amides is 2. The lowest BCUT2D eigenvalue weighted by Crippen LogP contribution is -2.28. The SMILES string of the molecule is C[C@H](NC(=O)c1ccccc1NC(=O)CSc1n[nH]c(-c2ccccc2)n1)c1ccccc1. The van der Waals surface area contributed by atoms with Crippen molar-refractivity contribution < 1.29 is 9.59 Å². The number of nitrogens with zero attached hydrogens (tertiary/aromatic N) is 2. The number of thioether (sulfide) groups is 1. The first-order valence-electron chi connectivity index (χ1n) is 10.5. The van der Waals surface area contributed by atoms with E-state index in [1.165, 1.54) is 11.8 Å². The molecule has 0 saturated carbocycles. The minimum absolute atomic E-state index is 0.114. The number of rotatable bonds is 8. The van der Waals surface area contributed by atoms with Gasteiger partial charge in [-0.2, -0.15) is 0 Å². The van der Waals surface area contributed by atoms with Crippen molar-refractivity contribution in [3.63, 3.8) is 0 Å². The Hall–Kier alpha value is -3.91. The molecule has 1 heterocycles. The third-order valence-corrected chi connectivity index (χ3v) is 5.78. The molecule has 0 radical (unpaired) electrons. The number of aromatic nitrogens is 3. The molecule has 1 atom stereocenters. The van der Waals surface area contributed by atoms with E-state index in [4.69, 9.17) is 0 Å². The molecule has 0 bridgehead atoms. The highest BCUT2D eigenvalue weighted by Gasteiger charge is 2.16. The smallest absolute Gasteiger partial charge is 0.253 e. The van der Waals surface area contributed by atoms with Crippen molar-refractivity contribution in [3.8, 4) is 11.4 Å². The second-order valence-corrected chi connectivity index (χ2v) is 8.26. The summed E-state index contributed by atoms with van der Waals surface area (Å²) in [5.74, 6) is 0.259. The zero-order valence-corrected chi connectivity index (χ0v) is 18.8. The molecule has 2 amide bonds. The Bertz CT molecular complexity index is 1230. The number of hydrogen-bond acceptors (Lipinski definition) is 5. The molecule has 7 nitrogen and oxygen atoms in total. The lowest BCUT2D eigenvalue weighted by Gasteiger charge is -2.16. The Morgan fingerprint density at radius 3 is 2.36 bits per heavy atom. The van der Waals surface area contributed by atoms with Crippen LogP contribution in [0.5, 0.6) is 0 Å². The summed E-state index contributed by atoms with van der Waals surface area (Å²) < 4.78 is 0. The monoisotopic (exact) mass is 457 g/mol. The number of carbonyl (C=O) groups is 2. The van der Waals surface area contributed by atoms with Gasteiger partial charge >= 0.3 is 0 Å². The maximum absolute atomic E-state index is 12.9. The molecule has 0 aliphatic carbocycles. The lowest BCUT2D eigenvalue weighted by molar-refractivity contribution is -0.113. The van der Waals surface area contributed by atoms with E-state index in [2.05, 4.69) is 25.8 Å². The van der Waals surface area contributed by atoms with E-state index in [1.807, 2.05) is 67.6 Å². The van der Waals surface area contributed by atoms with E-state index in [-0.39, 0.29) is 23.6 Å². The van der Waals surface area contributed by atoms with Gasteiger partial charge in [-0.3, -0.25) is 14.7 Å². The molecular formula is C25H23N5O2S. The molecule has 0 saturated heterocycles. The largest absolute Gasteiger partial charge is 0.345 e. The van der Waals surface area contributed by atoms with Crippen LogP contribution in [-0.4, -0.2) is 32.7 Å². The maximum atomic E-state index is 12.9. The molecule has 3 N–H and O–H groups in total.